The lowest BCUT2D eigenvalue weighted by Gasteiger charge is -2.10. The molecule has 0 aliphatic rings. The Morgan fingerprint density at radius 3 is 1.90 bits per heavy atom. The van der Waals surface area contributed by atoms with Gasteiger partial charge in [0.25, 0.3) is 0 Å². The summed E-state index contributed by atoms with van der Waals surface area (Å²) >= 11 is 15.9. The van der Waals surface area contributed by atoms with Crippen LogP contribution in [0.2, 0.25) is 0 Å². The van der Waals surface area contributed by atoms with Gasteiger partial charge >= 0.3 is 0 Å². The maximum Gasteiger partial charge on any atom is 0.248 e. The van der Waals surface area contributed by atoms with Crippen molar-refractivity contribution in [3.63, 3.8) is 0 Å². The number of carbonyl (C=O) groups is 1. The first-order valence-electron chi connectivity index (χ1n) is 2.94. The Bertz CT molecular complexity index is 125. The van der Waals surface area contributed by atoms with Crippen molar-refractivity contribution in [1.29, 1.82) is 0 Å². The van der Waals surface area contributed by atoms with E-state index in [1.165, 1.54) is 0 Å². The summed E-state index contributed by atoms with van der Waals surface area (Å²) in [5.74, 6) is -0.101. The first kappa shape index (κ1) is 10.5. The summed E-state index contributed by atoms with van der Waals surface area (Å²) < 4.78 is -1.73. The summed E-state index contributed by atoms with van der Waals surface area (Å²) in [7, 11) is 0. The van der Waals surface area contributed by atoms with Crippen molar-refractivity contribution < 1.29 is 4.79 Å². The van der Waals surface area contributed by atoms with Gasteiger partial charge in [-0.05, 0) is 5.92 Å². The van der Waals surface area contributed by atoms with Crippen molar-refractivity contribution in [2.75, 3.05) is 0 Å². The Morgan fingerprint density at radius 2 is 1.80 bits per heavy atom. The molecule has 0 N–H and O–H groups in total. The molecule has 0 fully saturated rings. The first-order valence-corrected chi connectivity index (χ1v) is 4.07. The fraction of sp³-hybridized carbons (Fsp3) is 0.833. The summed E-state index contributed by atoms with van der Waals surface area (Å²) in [6.45, 7) is 3.79. The molecule has 0 unspecified atom stereocenters. The number of ketones is 1. The standard InChI is InChI=1S/C6H9Cl3O/c1-4(2)3-5(10)6(7,8)9/h4H,3H2,1-2H3. The van der Waals surface area contributed by atoms with E-state index in [1.54, 1.807) is 0 Å². The molecule has 0 saturated carbocycles. The van der Waals surface area contributed by atoms with Crippen LogP contribution in [0.15, 0.2) is 0 Å². The zero-order valence-corrected chi connectivity index (χ0v) is 8.09. The Balaban J connectivity index is 3.87. The van der Waals surface area contributed by atoms with Gasteiger partial charge in [-0.15, -0.1) is 0 Å². The lowest BCUT2D eigenvalue weighted by atomic mass is 10.1. The third kappa shape index (κ3) is 4.37. The number of rotatable bonds is 2. The largest absolute Gasteiger partial charge is 0.295 e. The fourth-order valence-corrected chi connectivity index (χ4v) is 0.718. The van der Waals surface area contributed by atoms with Crippen LogP contribution in [0.5, 0.6) is 0 Å². The number of carbonyl (C=O) groups excluding carboxylic acids is 1. The van der Waals surface area contributed by atoms with Crippen molar-refractivity contribution in [3.05, 3.63) is 0 Å². The predicted octanol–water partition coefficient (Wildman–Crippen LogP) is 2.97. The molecule has 0 atom stereocenters. The van der Waals surface area contributed by atoms with Gasteiger partial charge in [-0.2, -0.15) is 0 Å². The third-order valence-electron chi connectivity index (χ3n) is 0.910. The summed E-state index contributed by atoms with van der Waals surface area (Å²) in [4.78, 5) is 10.9. The fourth-order valence-electron chi connectivity index (χ4n) is 0.487. The van der Waals surface area contributed by atoms with Crippen molar-refractivity contribution >= 4 is 40.6 Å². The Kier molecular flexibility index (Phi) is 4.00. The summed E-state index contributed by atoms with van der Waals surface area (Å²) in [5, 5.41) is 0. The van der Waals surface area contributed by atoms with E-state index in [2.05, 4.69) is 0 Å². The minimum absolute atomic E-state index is 0.239. The second kappa shape index (κ2) is 3.80. The van der Waals surface area contributed by atoms with Gasteiger partial charge in [-0.3, -0.25) is 4.79 Å². The van der Waals surface area contributed by atoms with Gasteiger partial charge in [0, 0.05) is 6.42 Å². The molecule has 0 aromatic carbocycles. The van der Waals surface area contributed by atoms with Crippen molar-refractivity contribution in [3.8, 4) is 0 Å². The molecule has 60 valence electrons. The Labute approximate surface area is 75.6 Å². The molecule has 0 amide bonds. The number of halogens is 3. The van der Waals surface area contributed by atoms with E-state index in [9.17, 15) is 4.79 Å². The van der Waals surface area contributed by atoms with Crippen molar-refractivity contribution in [2.24, 2.45) is 5.92 Å². The van der Waals surface area contributed by atoms with E-state index in [4.69, 9.17) is 34.8 Å². The van der Waals surface area contributed by atoms with E-state index in [0.717, 1.165) is 0 Å². The van der Waals surface area contributed by atoms with Crippen LogP contribution in [-0.2, 0) is 4.79 Å². The SMILES string of the molecule is CC(C)CC(=O)C(Cl)(Cl)Cl. The average Bonchev–Trinajstić information content (AvgIpc) is 1.60. The number of alkyl halides is 3. The van der Waals surface area contributed by atoms with Crippen molar-refractivity contribution in [2.45, 2.75) is 24.1 Å². The molecule has 0 heterocycles. The van der Waals surface area contributed by atoms with Crippen LogP contribution in [0.1, 0.15) is 20.3 Å². The highest BCUT2D eigenvalue weighted by Gasteiger charge is 2.30. The minimum Gasteiger partial charge on any atom is -0.295 e. The van der Waals surface area contributed by atoms with Crippen LogP contribution in [0.25, 0.3) is 0 Å². The van der Waals surface area contributed by atoms with Gasteiger partial charge in [0.05, 0.1) is 0 Å². The molecule has 0 aromatic rings. The normalized spacial score (nSPS) is 12.2. The highest BCUT2D eigenvalue weighted by atomic mass is 35.6. The molecule has 0 radical (unpaired) electrons. The van der Waals surface area contributed by atoms with Crippen LogP contribution in [0.4, 0.5) is 0 Å². The van der Waals surface area contributed by atoms with Gasteiger partial charge < -0.3 is 0 Å². The molecule has 0 spiro atoms. The van der Waals surface area contributed by atoms with Gasteiger partial charge in [-0.25, -0.2) is 0 Å². The van der Waals surface area contributed by atoms with Gasteiger partial charge in [0.2, 0.25) is 3.79 Å². The maximum absolute atomic E-state index is 10.9. The molecule has 0 aliphatic heterocycles. The molecule has 0 rings (SSSR count). The molecule has 10 heavy (non-hydrogen) atoms. The quantitative estimate of drug-likeness (QED) is 0.631. The molecule has 4 heteroatoms. The minimum atomic E-state index is -1.73. The van der Waals surface area contributed by atoms with E-state index >= 15 is 0 Å². The number of hydrogen-bond donors (Lipinski definition) is 0. The molecule has 0 aromatic heterocycles. The van der Waals surface area contributed by atoms with Crippen LogP contribution < -0.4 is 0 Å². The molecule has 0 saturated heterocycles. The third-order valence-corrected chi connectivity index (χ3v) is 1.54. The molecular formula is C6H9Cl3O. The number of hydrogen-bond acceptors (Lipinski definition) is 1. The van der Waals surface area contributed by atoms with Gasteiger partial charge in [0.1, 0.15) is 0 Å². The maximum atomic E-state index is 10.9. The highest BCUT2D eigenvalue weighted by Crippen LogP contribution is 2.29. The van der Waals surface area contributed by atoms with Crippen LogP contribution in [-0.4, -0.2) is 9.58 Å². The summed E-state index contributed by atoms with van der Waals surface area (Å²) in [5.41, 5.74) is 0. The van der Waals surface area contributed by atoms with Crippen LogP contribution in [0, 0.1) is 5.92 Å². The van der Waals surface area contributed by atoms with Crippen LogP contribution in [0.3, 0.4) is 0 Å². The monoisotopic (exact) mass is 202 g/mol. The van der Waals surface area contributed by atoms with Gasteiger partial charge in [0.15, 0.2) is 5.78 Å². The summed E-state index contributed by atoms with van der Waals surface area (Å²) in [6, 6.07) is 0. The van der Waals surface area contributed by atoms with E-state index in [0.29, 0.717) is 6.42 Å². The zero-order chi connectivity index (χ0) is 8.36. The van der Waals surface area contributed by atoms with E-state index in [-0.39, 0.29) is 11.7 Å². The Hall–Kier alpha value is 0.540. The van der Waals surface area contributed by atoms with E-state index < -0.39 is 3.79 Å². The Morgan fingerprint density at radius 1 is 1.40 bits per heavy atom. The predicted molar refractivity (Wildman–Crippen MR) is 44.8 cm³/mol. The van der Waals surface area contributed by atoms with E-state index in [1.807, 2.05) is 13.8 Å². The lowest BCUT2D eigenvalue weighted by Crippen LogP contribution is -2.20. The second-order valence-electron chi connectivity index (χ2n) is 2.52. The molecule has 1 nitrogen and oxygen atoms in total. The van der Waals surface area contributed by atoms with Crippen LogP contribution >= 0.6 is 34.8 Å². The average molecular weight is 203 g/mol. The highest BCUT2D eigenvalue weighted by molar-refractivity contribution is 6.76. The van der Waals surface area contributed by atoms with Crippen molar-refractivity contribution in [1.82, 2.24) is 0 Å². The van der Waals surface area contributed by atoms with Gasteiger partial charge in [-0.1, -0.05) is 48.7 Å². The topological polar surface area (TPSA) is 17.1 Å². The molecule has 0 bridgehead atoms. The number of Topliss-reactive ketones (excluding diaryl/α,β-unsaturated/α-hetero) is 1. The zero-order valence-electron chi connectivity index (χ0n) is 5.83. The lowest BCUT2D eigenvalue weighted by molar-refractivity contribution is -0.118. The molecular weight excluding hydrogens is 194 g/mol. The molecule has 0 aliphatic carbocycles. The second-order valence-corrected chi connectivity index (χ2v) is 4.80. The first-order chi connectivity index (χ1) is 4.34. The summed E-state index contributed by atoms with van der Waals surface area (Å²) in [6.07, 6.45) is 0.316. The smallest absolute Gasteiger partial charge is 0.248 e.